The molecule has 0 atom stereocenters. The largest absolute Gasteiger partial charge is 0.310 e. The fraction of sp³-hybridized carbons (Fsp3) is 0.0508. The van der Waals surface area contributed by atoms with E-state index in [1.165, 1.54) is 93.3 Å². The Bertz CT molecular complexity index is 3260. The van der Waals surface area contributed by atoms with Crippen LogP contribution in [0.15, 0.2) is 230 Å². The summed E-state index contributed by atoms with van der Waals surface area (Å²) in [6.07, 6.45) is 8.08. The molecule has 10 aromatic carbocycles. The smallest absolute Gasteiger partial charge is 0.0496 e. The van der Waals surface area contributed by atoms with Crippen LogP contribution < -0.4 is 4.90 Å². The molecule has 0 amide bonds. The second-order valence-corrected chi connectivity index (χ2v) is 15.9. The Labute approximate surface area is 351 Å². The minimum absolute atomic E-state index is 1.00. The molecule has 1 nitrogen and oxygen atoms in total. The Hall–Kier alpha value is -7.48. The Balaban J connectivity index is 1.06. The number of hydrogen-bond acceptors (Lipinski definition) is 1. The lowest BCUT2D eigenvalue weighted by Gasteiger charge is -2.30. The first-order valence-electron chi connectivity index (χ1n) is 21.1. The van der Waals surface area contributed by atoms with Crippen LogP contribution in [0, 0.1) is 0 Å². The van der Waals surface area contributed by atoms with Crippen LogP contribution in [-0.2, 0) is 0 Å². The Morgan fingerprint density at radius 2 is 0.833 bits per heavy atom. The highest BCUT2D eigenvalue weighted by Crippen LogP contribution is 2.43. The van der Waals surface area contributed by atoms with Crippen molar-refractivity contribution in [2.45, 2.75) is 19.3 Å². The zero-order valence-corrected chi connectivity index (χ0v) is 33.4. The fourth-order valence-electron chi connectivity index (χ4n) is 9.29. The maximum atomic E-state index is 2.50. The van der Waals surface area contributed by atoms with Crippen LogP contribution in [0.25, 0.3) is 82.0 Å². The van der Waals surface area contributed by atoms with Gasteiger partial charge in [0.15, 0.2) is 0 Å². The van der Waals surface area contributed by atoms with Crippen molar-refractivity contribution in [2.24, 2.45) is 0 Å². The average Bonchev–Trinajstić information content (AvgIpc) is 3.58. The van der Waals surface area contributed by atoms with Gasteiger partial charge in [0.1, 0.15) is 0 Å². The predicted molar refractivity (Wildman–Crippen MR) is 258 cm³/mol. The van der Waals surface area contributed by atoms with Crippen LogP contribution in [0.4, 0.5) is 11.4 Å². The molecule has 0 saturated heterocycles. The number of benzene rings is 10. The third kappa shape index (κ3) is 6.55. The first-order chi connectivity index (χ1) is 29.7. The minimum atomic E-state index is 1.00. The number of hydrogen-bond donors (Lipinski definition) is 0. The first-order valence-corrected chi connectivity index (χ1v) is 21.1. The van der Waals surface area contributed by atoms with Gasteiger partial charge in [-0.05, 0) is 138 Å². The molecular weight excluding hydrogens is 723 g/mol. The van der Waals surface area contributed by atoms with Gasteiger partial charge in [-0.1, -0.05) is 188 Å². The van der Waals surface area contributed by atoms with E-state index in [0.29, 0.717) is 0 Å². The molecule has 1 heteroatoms. The Morgan fingerprint density at radius 1 is 0.300 bits per heavy atom. The molecule has 1 aliphatic carbocycles. The minimum Gasteiger partial charge on any atom is -0.310 e. The molecule has 1 aliphatic rings. The molecule has 0 aromatic heterocycles. The summed E-state index contributed by atoms with van der Waals surface area (Å²) >= 11 is 0. The summed E-state index contributed by atoms with van der Waals surface area (Å²) in [5.74, 6) is 0. The lowest BCUT2D eigenvalue weighted by molar-refractivity contribution is 0.873. The van der Waals surface area contributed by atoms with Crippen molar-refractivity contribution in [2.75, 3.05) is 4.90 Å². The maximum Gasteiger partial charge on any atom is 0.0496 e. The monoisotopic (exact) mass is 765 g/mol. The van der Waals surface area contributed by atoms with Crippen molar-refractivity contribution >= 4 is 60.0 Å². The third-order valence-corrected chi connectivity index (χ3v) is 12.3. The van der Waals surface area contributed by atoms with Gasteiger partial charge in [-0.15, -0.1) is 0 Å². The van der Waals surface area contributed by atoms with E-state index >= 15 is 0 Å². The van der Waals surface area contributed by atoms with E-state index in [1.54, 1.807) is 0 Å². The van der Waals surface area contributed by atoms with Crippen molar-refractivity contribution in [1.82, 2.24) is 0 Å². The van der Waals surface area contributed by atoms with Crippen molar-refractivity contribution in [3.8, 4) is 33.4 Å². The van der Waals surface area contributed by atoms with Gasteiger partial charge in [0.2, 0.25) is 0 Å². The molecule has 284 valence electrons. The van der Waals surface area contributed by atoms with Crippen molar-refractivity contribution in [3.05, 3.63) is 236 Å². The molecule has 0 radical (unpaired) electrons. The molecule has 0 fully saturated rings. The number of rotatable bonds is 7. The normalized spacial score (nSPS) is 13.0. The summed E-state index contributed by atoms with van der Waals surface area (Å²) in [4.78, 5) is 2.50. The van der Waals surface area contributed by atoms with E-state index < -0.39 is 0 Å². The third-order valence-electron chi connectivity index (χ3n) is 12.3. The lowest BCUT2D eigenvalue weighted by Crippen LogP contribution is -2.18. The van der Waals surface area contributed by atoms with Crippen LogP contribution in [0.2, 0.25) is 0 Å². The second-order valence-electron chi connectivity index (χ2n) is 15.9. The standard InChI is InChI=1S/C59H43N/c1-3-14-41(15-4-1)42-26-28-43(29-27-42)44-34-36-50(37-35-44)60(51-19-13-18-47(38-51)58-39-48-17-8-10-21-53(48)55-23-11-12-24-56(55)58)59-25-6-2-5-22-54(59)49-33-32-46-31-30-45-16-7-9-20-52(45)57(46)40-49/h1,3-4,7-40H,2,5-6H2. The zero-order chi connectivity index (χ0) is 39.8. The highest BCUT2D eigenvalue weighted by Gasteiger charge is 2.22. The molecule has 0 N–H and O–H groups in total. The van der Waals surface area contributed by atoms with Crippen LogP contribution >= 0.6 is 0 Å². The Kier molecular flexibility index (Phi) is 9.13. The van der Waals surface area contributed by atoms with Gasteiger partial charge in [-0.25, -0.2) is 0 Å². The van der Waals surface area contributed by atoms with Crippen molar-refractivity contribution in [3.63, 3.8) is 0 Å². The number of anilines is 2. The molecule has 0 bridgehead atoms. The summed E-state index contributed by atoms with van der Waals surface area (Å²) in [6, 6.07) is 78.1. The Morgan fingerprint density at radius 3 is 1.58 bits per heavy atom. The van der Waals surface area contributed by atoms with Crippen molar-refractivity contribution < 1.29 is 0 Å². The van der Waals surface area contributed by atoms with E-state index in [0.717, 1.165) is 30.6 Å². The van der Waals surface area contributed by atoms with Gasteiger partial charge in [-0.2, -0.15) is 0 Å². The first kappa shape index (κ1) is 35.7. The average molecular weight is 766 g/mol. The molecular formula is C59H43N. The van der Waals surface area contributed by atoms with Crippen LogP contribution in [0.1, 0.15) is 24.8 Å². The van der Waals surface area contributed by atoms with E-state index in [4.69, 9.17) is 0 Å². The van der Waals surface area contributed by atoms with Gasteiger partial charge < -0.3 is 4.90 Å². The van der Waals surface area contributed by atoms with Gasteiger partial charge in [0, 0.05) is 22.6 Å². The van der Waals surface area contributed by atoms with E-state index in [2.05, 4.69) is 229 Å². The van der Waals surface area contributed by atoms with E-state index in [1.807, 2.05) is 0 Å². The van der Waals surface area contributed by atoms with Crippen LogP contribution in [-0.4, -0.2) is 0 Å². The topological polar surface area (TPSA) is 3.24 Å². The fourth-order valence-corrected chi connectivity index (χ4v) is 9.29. The SMILES string of the molecule is C1=C(c2ccc3ccc4ccccc4c3c2)C(N(c2ccc(-c3ccc(-c4ccccc4)cc3)cc2)c2cccc(-c3cc4ccccc4c4ccccc34)c2)=CCCC1. The highest BCUT2D eigenvalue weighted by atomic mass is 15.2. The van der Waals surface area contributed by atoms with Crippen LogP contribution in [0.5, 0.6) is 0 Å². The number of allylic oxidation sites excluding steroid dienone is 3. The molecule has 0 spiro atoms. The van der Waals surface area contributed by atoms with E-state index in [-0.39, 0.29) is 0 Å². The van der Waals surface area contributed by atoms with Crippen molar-refractivity contribution in [1.29, 1.82) is 0 Å². The predicted octanol–water partition coefficient (Wildman–Crippen LogP) is 16.6. The molecule has 0 saturated carbocycles. The van der Waals surface area contributed by atoms with E-state index in [9.17, 15) is 0 Å². The molecule has 0 unspecified atom stereocenters. The summed E-state index contributed by atoms with van der Waals surface area (Å²) < 4.78 is 0. The zero-order valence-electron chi connectivity index (χ0n) is 33.4. The summed E-state index contributed by atoms with van der Waals surface area (Å²) in [5, 5.41) is 10.2. The summed E-state index contributed by atoms with van der Waals surface area (Å²) in [6.45, 7) is 0. The van der Waals surface area contributed by atoms with Crippen LogP contribution in [0.3, 0.4) is 0 Å². The van der Waals surface area contributed by atoms with Gasteiger partial charge in [0.05, 0.1) is 0 Å². The molecule has 10 aromatic rings. The second kappa shape index (κ2) is 15.4. The molecule has 11 rings (SSSR count). The van der Waals surface area contributed by atoms with Gasteiger partial charge in [-0.3, -0.25) is 0 Å². The molecule has 0 heterocycles. The molecule has 60 heavy (non-hydrogen) atoms. The number of fused-ring (bicyclic) bond motifs is 6. The van der Waals surface area contributed by atoms with Gasteiger partial charge in [0.25, 0.3) is 0 Å². The highest BCUT2D eigenvalue weighted by molar-refractivity contribution is 6.14. The summed E-state index contributed by atoms with van der Waals surface area (Å²) in [7, 11) is 0. The number of nitrogens with zero attached hydrogens (tertiary/aromatic N) is 1. The lowest BCUT2D eigenvalue weighted by atomic mass is 9.92. The maximum absolute atomic E-state index is 2.50. The van der Waals surface area contributed by atoms with Gasteiger partial charge >= 0.3 is 0 Å². The quantitative estimate of drug-likeness (QED) is 0.146. The molecule has 0 aliphatic heterocycles. The summed E-state index contributed by atoms with van der Waals surface area (Å²) in [5.41, 5.74) is 13.3.